The van der Waals surface area contributed by atoms with Crippen LogP contribution in [0.4, 0.5) is 35.1 Å². The highest BCUT2D eigenvalue weighted by Crippen LogP contribution is 2.43. The molecule has 3 aliphatic heterocycles. The van der Waals surface area contributed by atoms with E-state index in [1.54, 1.807) is 0 Å². The number of rotatable bonds is 2. The van der Waals surface area contributed by atoms with Gasteiger partial charge in [-0.25, -0.2) is 4.99 Å². The molecule has 3 heterocycles. The molecule has 0 bridgehead atoms. The van der Waals surface area contributed by atoms with E-state index < -0.39 is 47.4 Å². The molecule has 1 N–H and O–H groups in total. The normalized spacial score (nSPS) is 25.9. The number of hydrogen-bond donors (Lipinski definition) is 1. The highest BCUT2D eigenvalue weighted by Gasteiger charge is 2.60. The van der Waals surface area contributed by atoms with Gasteiger partial charge < -0.3 is 10.2 Å². The lowest BCUT2D eigenvalue weighted by Gasteiger charge is -2.30. The summed E-state index contributed by atoms with van der Waals surface area (Å²) in [6, 6.07) is 0. The summed E-state index contributed by atoms with van der Waals surface area (Å²) in [6.45, 7) is 0. The van der Waals surface area contributed by atoms with E-state index in [-0.39, 0.29) is 17.2 Å². The minimum Gasteiger partial charge on any atom is -0.354 e. The van der Waals surface area contributed by atoms with E-state index in [2.05, 4.69) is 15.3 Å². The maximum Gasteiger partial charge on any atom is 0.458 e. The van der Waals surface area contributed by atoms with Crippen molar-refractivity contribution in [2.45, 2.75) is 36.2 Å². The fourth-order valence-corrected chi connectivity index (χ4v) is 3.10. The third kappa shape index (κ3) is 3.49. The second-order valence-electron chi connectivity index (χ2n) is 6.24. The number of alkyl halides is 9. The number of allylic oxidation sites excluding steroid dienone is 3. The molecule has 3 rings (SSSR count). The summed E-state index contributed by atoms with van der Waals surface area (Å²) in [5, 5.41) is 1.33. The van der Waals surface area contributed by atoms with Gasteiger partial charge in [0.05, 0.1) is 16.6 Å². The summed E-state index contributed by atoms with van der Waals surface area (Å²) >= 11 is 5.95. The third-order valence-electron chi connectivity index (χ3n) is 4.21. The van der Waals surface area contributed by atoms with Gasteiger partial charge in [0.1, 0.15) is 5.71 Å². The summed E-state index contributed by atoms with van der Waals surface area (Å²) in [5.41, 5.74) is -2.42. The lowest BCUT2D eigenvalue weighted by atomic mass is 10.0. The van der Waals surface area contributed by atoms with Crippen molar-refractivity contribution >= 4 is 23.1 Å². The molecule has 0 aromatic heterocycles. The predicted octanol–water partition coefficient (Wildman–Crippen LogP) is 4.12. The van der Waals surface area contributed by atoms with E-state index in [9.17, 15) is 35.1 Å². The number of aliphatic imine (C=N–C) groups is 2. The second kappa shape index (κ2) is 6.46. The number of nitrogens with zero attached hydrogens (tertiary/aromatic N) is 3. The summed E-state index contributed by atoms with van der Waals surface area (Å²) in [6.07, 6.45) is -10.1. The number of amidine groups is 1. The number of fused-ring (bicyclic) bond motifs is 1. The molecule has 0 aromatic carbocycles. The molecule has 4 nitrogen and oxygen atoms in total. The monoisotopic (exact) mass is 434 g/mol. The van der Waals surface area contributed by atoms with E-state index in [1.807, 2.05) is 0 Å². The van der Waals surface area contributed by atoms with Gasteiger partial charge in [-0.15, -0.1) is 11.6 Å². The van der Waals surface area contributed by atoms with Crippen LogP contribution in [-0.4, -0.2) is 53.3 Å². The number of halogens is 9. The molecule has 0 aromatic rings. The first-order chi connectivity index (χ1) is 12.7. The van der Waals surface area contributed by atoms with Gasteiger partial charge >= 0.3 is 18.3 Å². The van der Waals surface area contributed by atoms with Crippen LogP contribution in [0.2, 0.25) is 0 Å². The highest BCUT2D eigenvalue weighted by atomic mass is 35.5. The van der Waals surface area contributed by atoms with Crippen LogP contribution in [0.3, 0.4) is 0 Å². The van der Waals surface area contributed by atoms with Crippen LogP contribution in [0.15, 0.2) is 45.3 Å². The van der Waals surface area contributed by atoms with Crippen LogP contribution in [0.5, 0.6) is 0 Å². The van der Waals surface area contributed by atoms with Crippen LogP contribution in [0.1, 0.15) is 6.42 Å². The van der Waals surface area contributed by atoms with Gasteiger partial charge in [0.2, 0.25) is 0 Å². The van der Waals surface area contributed by atoms with E-state index in [1.165, 1.54) is 7.05 Å². The van der Waals surface area contributed by atoms with E-state index in [4.69, 9.17) is 11.6 Å². The molecule has 0 spiro atoms. The van der Waals surface area contributed by atoms with Crippen molar-refractivity contribution in [3.63, 3.8) is 0 Å². The van der Waals surface area contributed by atoms with Gasteiger partial charge in [-0.3, -0.25) is 4.99 Å². The van der Waals surface area contributed by atoms with E-state index in [0.29, 0.717) is 18.5 Å². The predicted molar refractivity (Wildman–Crippen MR) is 85.1 cm³/mol. The van der Waals surface area contributed by atoms with Crippen molar-refractivity contribution in [1.29, 1.82) is 0 Å². The van der Waals surface area contributed by atoms with Crippen molar-refractivity contribution in [3.8, 4) is 0 Å². The van der Waals surface area contributed by atoms with Gasteiger partial charge in [-0.1, -0.05) is 0 Å². The lowest BCUT2D eigenvalue weighted by molar-refractivity contribution is -0.263. The van der Waals surface area contributed by atoms with Crippen LogP contribution < -0.4 is 5.32 Å². The highest BCUT2D eigenvalue weighted by molar-refractivity contribution is 6.53. The molecule has 13 heteroatoms. The molecule has 3 aliphatic rings. The summed E-state index contributed by atoms with van der Waals surface area (Å²) in [5.74, 6) is -5.18. The Morgan fingerprint density at radius 1 is 1.14 bits per heavy atom. The Morgan fingerprint density at radius 2 is 1.79 bits per heavy atom. The van der Waals surface area contributed by atoms with Crippen molar-refractivity contribution in [2.75, 3.05) is 7.05 Å². The third-order valence-corrected chi connectivity index (χ3v) is 4.57. The SMILES string of the molecule is CN1C=C(C(F)(F)C(F)(F)F)C=C2NC(C3=NC=C(C(F)(F)F)CC3Cl)=NC21. The Labute approximate surface area is 157 Å². The minimum atomic E-state index is -5.79. The van der Waals surface area contributed by atoms with Gasteiger partial charge in [0, 0.05) is 31.4 Å². The van der Waals surface area contributed by atoms with E-state index >= 15 is 0 Å². The topological polar surface area (TPSA) is 40.0 Å². The number of nitrogens with one attached hydrogen (secondary N) is 1. The largest absolute Gasteiger partial charge is 0.458 e. The van der Waals surface area contributed by atoms with Gasteiger partial charge in [-0.2, -0.15) is 35.1 Å². The summed E-state index contributed by atoms with van der Waals surface area (Å²) in [7, 11) is 1.24. The number of hydrogen-bond acceptors (Lipinski definition) is 4. The molecule has 0 radical (unpaired) electrons. The Kier molecular flexibility index (Phi) is 4.76. The fraction of sp³-hybridized carbons (Fsp3) is 0.467. The molecule has 2 atom stereocenters. The molecule has 0 amide bonds. The first-order valence-electron chi connectivity index (χ1n) is 7.65. The van der Waals surface area contributed by atoms with Crippen molar-refractivity contribution < 1.29 is 35.1 Å². The van der Waals surface area contributed by atoms with Crippen molar-refractivity contribution in [3.05, 3.63) is 35.3 Å². The average molecular weight is 435 g/mol. The standard InChI is InChI=1S/C15H11ClF8N4/c1-28-5-7(13(17,18)15(22,23)24)3-9-12(28)27-11(26-9)10-8(16)2-6(4-25-10)14(19,20)21/h3-5,8,12H,2H2,1H3,(H,26,27). The van der Waals surface area contributed by atoms with Gasteiger partial charge in [-0.05, 0) is 6.08 Å². The molecule has 154 valence electrons. The molecule has 0 fully saturated rings. The van der Waals surface area contributed by atoms with E-state index in [0.717, 1.165) is 4.90 Å². The summed E-state index contributed by atoms with van der Waals surface area (Å²) in [4.78, 5) is 8.77. The maximum absolute atomic E-state index is 13.6. The molecular weight excluding hydrogens is 424 g/mol. The van der Waals surface area contributed by atoms with Crippen LogP contribution in [-0.2, 0) is 0 Å². The van der Waals surface area contributed by atoms with Crippen LogP contribution in [0, 0.1) is 0 Å². The van der Waals surface area contributed by atoms with Crippen LogP contribution >= 0.6 is 11.6 Å². The zero-order chi connectivity index (χ0) is 21.1. The smallest absolute Gasteiger partial charge is 0.354 e. The Morgan fingerprint density at radius 3 is 2.32 bits per heavy atom. The Hall–Kier alpha value is -2.11. The zero-order valence-electron chi connectivity index (χ0n) is 13.8. The first kappa shape index (κ1) is 20.6. The van der Waals surface area contributed by atoms with Gasteiger partial charge in [0.15, 0.2) is 12.0 Å². The van der Waals surface area contributed by atoms with Crippen LogP contribution in [0.25, 0.3) is 0 Å². The minimum absolute atomic E-state index is 0.0671. The molecule has 0 saturated heterocycles. The average Bonchev–Trinajstić information content (AvgIpc) is 2.97. The van der Waals surface area contributed by atoms with Gasteiger partial charge in [0.25, 0.3) is 0 Å². The lowest BCUT2D eigenvalue weighted by Crippen LogP contribution is -2.42. The molecule has 2 unspecified atom stereocenters. The van der Waals surface area contributed by atoms with Crippen molar-refractivity contribution in [2.24, 2.45) is 9.98 Å². The fourth-order valence-electron chi connectivity index (χ4n) is 2.78. The molecular formula is C15H11ClF8N4. The summed E-state index contributed by atoms with van der Waals surface area (Å²) < 4.78 is 103. The molecule has 0 saturated carbocycles. The molecule has 28 heavy (non-hydrogen) atoms. The molecule has 0 aliphatic carbocycles. The Balaban J connectivity index is 1.89. The van der Waals surface area contributed by atoms with Crippen molar-refractivity contribution in [1.82, 2.24) is 10.2 Å². The zero-order valence-corrected chi connectivity index (χ0v) is 14.6. The quantitative estimate of drug-likeness (QED) is 0.524. The number of likely N-dealkylation sites (N-methyl/N-ethyl adjacent to an activating group) is 1. The maximum atomic E-state index is 13.6. The first-order valence-corrected chi connectivity index (χ1v) is 8.09. The second-order valence-corrected chi connectivity index (χ2v) is 6.76. The Bertz CT molecular complexity index is 834.